The fourth-order valence-electron chi connectivity index (χ4n) is 13.6. The molecule has 0 aliphatic carbocycles. The minimum Gasteiger partial charge on any atom is -0.362 e. The van der Waals surface area contributed by atoms with Crippen LogP contribution in [0.25, 0.3) is 32.7 Å². The van der Waals surface area contributed by atoms with Crippen LogP contribution in [0.1, 0.15) is 43.1 Å². The van der Waals surface area contributed by atoms with Gasteiger partial charge in [-0.05, 0) is 168 Å². The zero-order valence-electron chi connectivity index (χ0n) is 59.5. The van der Waals surface area contributed by atoms with Crippen LogP contribution in [0.5, 0.6) is 0 Å². The summed E-state index contributed by atoms with van der Waals surface area (Å²) in [6, 6.07) is 42.5. The normalized spacial score (nSPS) is 13.9. The number of pyridine rings is 3. The van der Waals surface area contributed by atoms with Crippen molar-refractivity contribution in [2.24, 2.45) is 0 Å². The van der Waals surface area contributed by atoms with E-state index < -0.39 is 48.5 Å². The SMILES string of the molecule is CN(C)CCCn1c(=O)c([N+](=O)[O-])c(N2CCN(C(=O)c3ccc(Cl)cc3)CC2)c2cc(Cl)ccc21.CN(C)CCn1c(=O)c([N+](=O)[O-])c(N2CCN(C(=O)c3ccc(Cl)cc3)CC2)c2cc(Cl)ccc21.O=C(c1ccc(Cl)c(Cl)c1)N1CCN(c2c([N+](=O)[O-])c(=O)n(Cc3ccccc3)c3ccc(Cl)cc23)CC1. The highest BCUT2D eigenvalue weighted by atomic mass is 35.5. The number of carbonyl (C=O) groups is 3. The van der Waals surface area contributed by atoms with Gasteiger partial charge in [-0.15, -0.1) is 0 Å². The molecule has 3 fully saturated rings. The Hall–Kier alpha value is -9.87. The van der Waals surface area contributed by atoms with E-state index in [0.29, 0.717) is 171 Å². The van der Waals surface area contributed by atoms with Crippen molar-refractivity contribution in [3.05, 3.63) is 270 Å². The third-order valence-corrected chi connectivity index (χ3v) is 21.0. The molecule has 0 N–H and O–H groups in total. The Kier molecular flexibility index (Phi) is 25.9. The summed E-state index contributed by atoms with van der Waals surface area (Å²) in [6.45, 7) is 6.03. The lowest BCUT2D eigenvalue weighted by Gasteiger charge is -2.36. The molecule has 0 spiro atoms. The number of rotatable bonds is 18. The molecule has 26 nitrogen and oxygen atoms in total. The first-order valence-corrected chi connectivity index (χ1v) is 37.2. The van der Waals surface area contributed by atoms with Gasteiger partial charge in [-0.1, -0.05) is 112 Å². The lowest BCUT2D eigenvalue weighted by atomic mass is 10.1. The van der Waals surface area contributed by atoms with E-state index in [9.17, 15) is 59.1 Å². The third kappa shape index (κ3) is 18.2. The molecule has 6 heterocycles. The number of hydrogen-bond acceptors (Lipinski definition) is 17. The van der Waals surface area contributed by atoms with E-state index in [2.05, 4.69) is 0 Å². The molecule has 568 valence electrons. The fourth-order valence-corrected chi connectivity index (χ4v) is 14.7. The Morgan fingerprint density at radius 1 is 0.376 bits per heavy atom. The van der Waals surface area contributed by atoms with Crippen molar-refractivity contribution in [1.29, 1.82) is 0 Å². The van der Waals surface area contributed by atoms with Gasteiger partial charge >= 0.3 is 33.7 Å². The highest BCUT2D eigenvalue weighted by Crippen LogP contribution is 2.40. The molecule has 3 aromatic heterocycles. The molecule has 109 heavy (non-hydrogen) atoms. The molecule has 10 aromatic rings. The van der Waals surface area contributed by atoms with Gasteiger partial charge in [0.2, 0.25) is 0 Å². The standard InChI is InChI=1S/C27H21Cl3N4O4.C25H27Cl2N5O4.C24H25Cl2N5O4/c28-19-7-9-23-20(15-19)24(25(34(37)38)27(36)33(23)16-17-4-2-1-3-5-17)31-10-12-32(13-11-31)26(35)18-6-8-21(29)22(30)14-18;1-28(2)10-3-11-31-21-9-8-19(27)16-20(21)22(23(25(31)34)32(35)36)29-12-14-30(15-13-29)24(33)17-4-6-18(26)7-5-17;1-27(2)9-14-30-20-8-7-18(26)15-19(20)21(22(24(30)33)31(34)35)28-10-12-29(13-11-28)23(32)16-3-5-17(25)6-4-16/h1-9,14-15H,10-13,16H2;4-9,16H,3,10-15H2,1-2H3;3-8,15H,9-14H2,1-2H3. The van der Waals surface area contributed by atoms with Crippen molar-refractivity contribution in [2.75, 3.05) is 135 Å². The molecular weight excluding hydrogens is 1550 g/mol. The summed E-state index contributed by atoms with van der Waals surface area (Å²) in [7, 11) is 7.61. The van der Waals surface area contributed by atoms with E-state index in [0.717, 1.165) is 12.1 Å². The number of hydrogen-bond donors (Lipinski definition) is 0. The van der Waals surface area contributed by atoms with Gasteiger partial charge in [0.25, 0.3) is 17.7 Å². The molecule has 13 rings (SSSR count). The van der Waals surface area contributed by atoms with Gasteiger partial charge in [-0.3, -0.25) is 63.7 Å². The Labute approximate surface area is 659 Å². The van der Waals surface area contributed by atoms with E-state index in [4.69, 9.17) is 81.2 Å². The summed E-state index contributed by atoms with van der Waals surface area (Å²) in [6.07, 6.45) is 0.659. The van der Waals surface area contributed by atoms with Gasteiger partial charge in [-0.25, -0.2) is 0 Å². The largest absolute Gasteiger partial charge is 0.362 e. The number of piperazine rings is 3. The number of nitrogens with zero attached hydrogens (tertiary/aromatic N) is 14. The maximum Gasteiger partial charge on any atom is 0.357 e. The summed E-state index contributed by atoms with van der Waals surface area (Å²) in [5.41, 5.74) is 1.28. The van der Waals surface area contributed by atoms with E-state index in [-0.39, 0.29) is 59.4 Å². The molecule has 0 bridgehead atoms. The smallest absolute Gasteiger partial charge is 0.357 e. The number of halogens is 7. The summed E-state index contributed by atoms with van der Waals surface area (Å²) < 4.78 is 4.32. The average molecular weight is 1620 g/mol. The zero-order chi connectivity index (χ0) is 78.2. The van der Waals surface area contributed by atoms with Crippen LogP contribution in [0, 0.1) is 30.3 Å². The van der Waals surface area contributed by atoms with Crippen LogP contribution < -0.4 is 31.4 Å². The third-order valence-electron chi connectivity index (χ3n) is 19.0. The Morgan fingerprint density at radius 3 is 1.06 bits per heavy atom. The van der Waals surface area contributed by atoms with Crippen molar-refractivity contribution >= 4 is 166 Å². The molecule has 7 aromatic carbocycles. The minimum absolute atomic E-state index is 0.134. The maximum atomic E-state index is 13.6. The second-order valence-corrected chi connectivity index (χ2v) is 29.6. The number of amides is 3. The predicted octanol–water partition coefficient (Wildman–Crippen LogP) is 13.8. The van der Waals surface area contributed by atoms with Crippen LogP contribution in [0.3, 0.4) is 0 Å². The van der Waals surface area contributed by atoms with Crippen molar-refractivity contribution < 1.29 is 29.2 Å². The van der Waals surface area contributed by atoms with Crippen LogP contribution in [-0.4, -0.2) is 191 Å². The van der Waals surface area contributed by atoms with Gasteiger partial charge in [-0.2, -0.15) is 0 Å². The summed E-state index contributed by atoms with van der Waals surface area (Å²) in [4.78, 5) is 128. The number of aromatic nitrogens is 3. The Morgan fingerprint density at radius 2 is 0.706 bits per heavy atom. The molecule has 0 saturated carbocycles. The lowest BCUT2D eigenvalue weighted by Crippen LogP contribution is -2.49. The number of aryl methyl sites for hydroxylation is 1. The number of benzene rings is 7. The molecular formula is C76H73Cl7N14O12. The molecule has 3 aliphatic heterocycles. The molecule has 0 radical (unpaired) electrons. The highest BCUT2D eigenvalue weighted by molar-refractivity contribution is 6.42. The maximum absolute atomic E-state index is 13.6. The first kappa shape index (κ1) is 80.2. The first-order valence-electron chi connectivity index (χ1n) is 34.5. The number of likely N-dealkylation sites (N-methyl/N-ethyl adjacent to an activating group) is 1. The van der Waals surface area contributed by atoms with Gasteiger partial charge in [0.1, 0.15) is 17.1 Å². The van der Waals surface area contributed by atoms with Crippen LogP contribution in [0.4, 0.5) is 34.1 Å². The Bertz CT molecular complexity index is 5340. The average Bonchev–Trinajstić information content (AvgIpc) is 0.756. The quantitative estimate of drug-likeness (QED) is 0.0570. The van der Waals surface area contributed by atoms with Crippen molar-refractivity contribution in [2.45, 2.75) is 26.1 Å². The lowest BCUT2D eigenvalue weighted by molar-refractivity contribution is -0.385. The molecule has 3 amide bonds. The second kappa shape index (κ2) is 35.2. The zero-order valence-corrected chi connectivity index (χ0v) is 64.8. The summed E-state index contributed by atoms with van der Waals surface area (Å²) >= 11 is 42.8. The summed E-state index contributed by atoms with van der Waals surface area (Å²) in [5.74, 6) is -0.489. The van der Waals surface area contributed by atoms with E-state index in [1.165, 1.54) is 19.8 Å². The van der Waals surface area contributed by atoms with E-state index in [1.807, 2.05) is 73.2 Å². The number of carbonyl (C=O) groups excluding carboxylic acids is 3. The number of fused-ring (bicyclic) bond motifs is 3. The van der Waals surface area contributed by atoms with Gasteiger partial charge < -0.3 is 48.3 Å². The molecule has 3 aliphatic rings. The monoisotopic (exact) mass is 1620 g/mol. The Balaban J connectivity index is 0.000000163. The predicted molar refractivity (Wildman–Crippen MR) is 431 cm³/mol. The van der Waals surface area contributed by atoms with Crippen LogP contribution in [-0.2, 0) is 19.6 Å². The molecule has 0 unspecified atom stereocenters. The minimum atomic E-state index is -0.696. The fraction of sp³-hybridized carbons (Fsp3) is 0.289. The highest BCUT2D eigenvalue weighted by Gasteiger charge is 2.37. The second-order valence-electron chi connectivity index (χ2n) is 26.6. The molecule has 0 atom stereocenters. The van der Waals surface area contributed by atoms with E-state index >= 15 is 0 Å². The van der Waals surface area contributed by atoms with E-state index in [1.54, 1.807) is 140 Å². The number of anilines is 3. The van der Waals surface area contributed by atoms with Crippen LogP contribution in [0.15, 0.2) is 166 Å². The molecule has 33 heteroatoms. The van der Waals surface area contributed by atoms with Crippen molar-refractivity contribution in [1.82, 2.24) is 38.2 Å². The summed E-state index contributed by atoms with van der Waals surface area (Å²) in [5, 5.41) is 41.2. The van der Waals surface area contributed by atoms with Gasteiger partial charge in [0, 0.05) is 156 Å². The van der Waals surface area contributed by atoms with Gasteiger partial charge in [0.05, 0.1) is 47.9 Å². The van der Waals surface area contributed by atoms with Crippen LogP contribution in [0.2, 0.25) is 35.2 Å². The number of nitro groups is 3. The van der Waals surface area contributed by atoms with Gasteiger partial charge in [0.15, 0.2) is 0 Å². The first-order chi connectivity index (χ1) is 52.1. The van der Waals surface area contributed by atoms with Crippen molar-refractivity contribution in [3.63, 3.8) is 0 Å². The molecule has 3 saturated heterocycles. The van der Waals surface area contributed by atoms with Crippen LogP contribution >= 0.6 is 81.2 Å². The topological polar surface area (TPSA) is 273 Å². The van der Waals surface area contributed by atoms with Crippen molar-refractivity contribution in [3.8, 4) is 0 Å².